The highest BCUT2D eigenvalue weighted by molar-refractivity contribution is 6.19. The Balaban J connectivity index is 1.84. The molecule has 2 aromatic carbocycles. The molecule has 0 bridgehead atoms. The molecule has 2 N–H and O–H groups in total. The minimum absolute atomic E-state index is 0.157. The fraction of sp³-hybridized carbons (Fsp3) is 0.0500. The van der Waals surface area contributed by atoms with Gasteiger partial charge in [0.05, 0.1) is 11.1 Å². The van der Waals surface area contributed by atoms with Crippen molar-refractivity contribution in [1.82, 2.24) is 10.1 Å². The number of carboxylic acids is 1. The fourth-order valence-electron chi connectivity index (χ4n) is 3.01. The van der Waals surface area contributed by atoms with Crippen LogP contribution in [-0.2, 0) is 0 Å². The maximum absolute atomic E-state index is 13.2. The van der Waals surface area contributed by atoms with Gasteiger partial charge in [0.1, 0.15) is 11.5 Å². The maximum atomic E-state index is 13.2. The maximum Gasteiger partial charge on any atom is 0.335 e. The first-order valence-corrected chi connectivity index (χ1v) is 7.97. The first-order chi connectivity index (χ1) is 12.6. The largest absolute Gasteiger partial charge is 0.478 e. The molecule has 0 fully saturated rings. The Morgan fingerprint density at radius 1 is 1.12 bits per heavy atom. The van der Waals surface area contributed by atoms with Crippen molar-refractivity contribution in [2.24, 2.45) is 0 Å². The van der Waals surface area contributed by atoms with Crippen LogP contribution >= 0.6 is 0 Å². The van der Waals surface area contributed by atoms with E-state index in [2.05, 4.69) is 10.1 Å². The van der Waals surface area contributed by atoms with Crippen LogP contribution in [0.25, 0.3) is 22.2 Å². The number of aryl methyl sites for hydroxylation is 1. The number of carboxylic acid groups (broad SMARTS) is 1. The third-order valence-corrected chi connectivity index (χ3v) is 4.31. The number of hydrogen-bond acceptors (Lipinski definition) is 4. The van der Waals surface area contributed by atoms with Crippen LogP contribution in [0.2, 0.25) is 0 Å². The number of fused-ring (bicyclic) bond motifs is 1. The molecule has 2 aromatic heterocycles. The summed E-state index contributed by atoms with van der Waals surface area (Å²) in [4.78, 5) is 27.3. The predicted octanol–water partition coefficient (Wildman–Crippen LogP) is 4.06. The molecule has 26 heavy (non-hydrogen) atoms. The van der Waals surface area contributed by atoms with Gasteiger partial charge in [0.15, 0.2) is 0 Å². The monoisotopic (exact) mass is 346 g/mol. The Morgan fingerprint density at radius 3 is 2.62 bits per heavy atom. The quantitative estimate of drug-likeness (QED) is 0.543. The van der Waals surface area contributed by atoms with Crippen LogP contribution in [0.15, 0.2) is 59.3 Å². The lowest BCUT2D eigenvalue weighted by molar-refractivity contribution is 0.0697. The Hall–Kier alpha value is -3.67. The van der Waals surface area contributed by atoms with E-state index in [0.717, 1.165) is 5.56 Å². The number of hydrogen-bond donors (Lipinski definition) is 2. The molecular formula is C20H14N2O4. The number of rotatable bonds is 4. The van der Waals surface area contributed by atoms with E-state index in [1.54, 1.807) is 19.2 Å². The van der Waals surface area contributed by atoms with E-state index in [1.807, 2.05) is 30.3 Å². The molecule has 0 amide bonds. The van der Waals surface area contributed by atoms with Crippen LogP contribution in [0, 0.1) is 6.92 Å². The van der Waals surface area contributed by atoms with Crippen LogP contribution in [0.4, 0.5) is 0 Å². The summed E-state index contributed by atoms with van der Waals surface area (Å²) in [5.74, 6) is -0.807. The zero-order valence-electron chi connectivity index (χ0n) is 13.8. The Labute approximate surface area is 148 Å². The Morgan fingerprint density at radius 2 is 1.88 bits per heavy atom. The number of aromatic nitrogens is 2. The smallest absolute Gasteiger partial charge is 0.335 e. The molecule has 4 aromatic rings. The lowest BCUT2D eigenvalue weighted by Gasteiger charge is -2.02. The highest BCUT2D eigenvalue weighted by atomic mass is 16.5. The second-order valence-electron chi connectivity index (χ2n) is 5.93. The summed E-state index contributed by atoms with van der Waals surface area (Å²) in [6.45, 7) is 1.70. The lowest BCUT2D eigenvalue weighted by Crippen LogP contribution is -2.03. The molecule has 0 spiro atoms. The molecule has 0 atom stereocenters. The molecule has 0 aliphatic carbocycles. The highest BCUT2D eigenvalue weighted by Gasteiger charge is 2.25. The third kappa shape index (κ3) is 2.48. The van der Waals surface area contributed by atoms with E-state index in [-0.39, 0.29) is 11.3 Å². The second-order valence-corrected chi connectivity index (χ2v) is 5.93. The van der Waals surface area contributed by atoms with Gasteiger partial charge in [-0.2, -0.15) is 0 Å². The number of benzene rings is 2. The summed E-state index contributed by atoms with van der Waals surface area (Å²) in [5, 5.41) is 13.8. The van der Waals surface area contributed by atoms with E-state index in [9.17, 15) is 9.59 Å². The number of aromatic carboxylic acids is 1. The molecule has 6 nitrogen and oxygen atoms in total. The fourth-order valence-corrected chi connectivity index (χ4v) is 3.01. The van der Waals surface area contributed by atoms with Gasteiger partial charge in [-0.25, -0.2) is 4.79 Å². The molecule has 0 aliphatic rings. The number of H-pyrrole nitrogens is 1. The molecular weight excluding hydrogens is 332 g/mol. The first-order valence-electron chi connectivity index (χ1n) is 7.97. The molecule has 4 rings (SSSR count). The van der Waals surface area contributed by atoms with Crippen molar-refractivity contribution in [2.45, 2.75) is 6.92 Å². The van der Waals surface area contributed by atoms with E-state index in [0.29, 0.717) is 33.5 Å². The van der Waals surface area contributed by atoms with Gasteiger partial charge < -0.3 is 14.6 Å². The topological polar surface area (TPSA) is 96.2 Å². The normalized spacial score (nSPS) is 11.0. The van der Waals surface area contributed by atoms with Gasteiger partial charge in [0.25, 0.3) is 0 Å². The zero-order chi connectivity index (χ0) is 18.3. The van der Waals surface area contributed by atoms with Gasteiger partial charge in [-0.05, 0) is 19.1 Å². The molecule has 0 saturated heterocycles. The van der Waals surface area contributed by atoms with Crippen molar-refractivity contribution in [2.75, 3.05) is 0 Å². The number of aromatic amines is 1. The molecule has 0 unspecified atom stereocenters. The zero-order valence-corrected chi connectivity index (χ0v) is 13.8. The van der Waals surface area contributed by atoms with E-state index < -0.39 is 5.97 Å². The van der Waals surface area contributed by atoms with E-state index in [1.165, 1.54) is 12.1 Å². The molecule has 0 aliphatic heterocycles. The van der Waals surface area contributed by atoms with Gasteiger partial charge in [-0.3, -0.25) is 4.79 Å². The lowest BCUT2D eigenvalue weighted by atomic mass is 9.97. The van der Waals surface area contributed by atoms with Crippen molar-refractivity contribution in [3.05, 3.63) is 77.2 Å². The number of ketones is 1. The SMILES string of the molecule is Cc1onc(-c2ccccc2)c1C(=O)c1c[nH]c2cc(C(=O)O)ccc12. The molecule has 0 saturated carbocycles. The van der Waals surface area contributed by atoms with Gasteiger partial charge in [-0.1, -0.05) is 41.6 Å². The highest BCUT2D eigenvalue weighted by Crippen LogP contribution is 2.30. The van der Waals surface area contributed by atoms with Crippen LogP contribution in [-0.4, -0.2) is 27.0 Å². The average Bonchev–Trinajstić information content (AvgIpc) is 3.25. The Kier molecular flexibility index (Phi) is 3.65. The van der Waals surface area contributed by atoms with Gasteiger partial charge in [-0.15, -0.1) is 0 Å². The van der Waals surface area contributed by atoms with Gasteiger partial charge in [0, 0.05) is 28.2 Å². The second kappa shape index (κ2) is 6.00. The number of nitrogens with zero attached hydrogens (tertiary/aromatic N) is 1. The molecule has 0 radical (unpaired) electrons. The standard InChI is InChI=1S/C20H14N2O4/c1-11-17(18(22-26-11)12-5-3-2-4-6-12)19(23)15-10-21-16-9-13(20(24)25)7-8-14(15)16/h2-10,21H,1H3,(H,24,25). The average molecular weight is 346 g/mol. The van der Waals surface area contributed by atoms with Crippen molar-refractivity contribution in [3.8, 4) is 11.3 Å². The summed E-state index contributed by atoms with van der Waals surface area (Å²) in [6, 6.07) is 14.0. The predicted molar refractivity (Wildman–Crippen MR) is 95.4 cm³/mol. The number of carbonyl (C=O) groups is 2. The van der Waals surface area contributed by atoms with E-state index in [4.69, 9.17) is 9.63 Å². The van der Waals surface area contributed by atoms with Gasteiger partial charge >= 0.3 is 5.97 Å². The summed E-state index contributed by atoms with van der Waals surface area (Å²) in [6.07, 6.45) is 1.58. The first kappa shape index (κ1) is 15.8. The van der Waals surface area contributed by atoms with Crippen molar-refractivity contribution >= 4 is 22.7 Å². The molecule has 6 heteroatoms. The number of carbonyl (C=O) groups excluding carboxylic acids is 1. The summed E-state index contributed by atoms with van der Waals surface area (Å²) in [7, 11) is 0. The van der Waals surface area contributed by atoms with Crippen molar-refractivity contribution in [3.63, 3.8) is 0 Å². The summed E-state index contributed by atoms with van der Waals surface area (Å²) in [5.41, 5.74) is 2.87. The van der Waals surface area contributed by atoms with Crippen molar-refractivity contribution in [1.29, 1.82) is 0 Å². The third-order valence-electron chi connectivity index (χ3n) is 4.31. The Bertz CT molecular complexity index is 1140. The van der Waals surface area contributed by atoms with Crippen LogP contribution < -0.4 is 0 Å². The van der Waals surface area contributed by atoms with E-state index >= 15 is 0 Å². The summed E-state index contributed by atoms with van der Waals surface area (Å²) < 4.78 is 5.27. The summed E-state index contributed by atoms with van der Waals surface area (Å²) >= 11 is 0. The van der Waals surface area contributed by atoms with Gasteiger partial charge in [0.2, 0.25) is 5.78 Å². The van der Waals surface area contributed by atoms with Crippen molar-refractivity contribution < 1.29 is 19.2 Å². The molecule has 128 valence electrons. The van der Waals surface area contributed by atoms with Crippen LogP contribution in [0.3, 0.4) is 0 Å². The molecule has 2 heterocycles. The minimum Gasteiger partial charge on any atom is -0.478 e. The van der Waals surface area contributed by atoms with Crippen LogP contribution in [0.5, 0.6) is 0 Å². The van der Waals surface area contributed by atoms with Crippen LogP contribution in [0.1, 0.15) is 32.0 Å². The number of nitrogens with one attached hydrogen (secondary N) is 1. The minimum atomic E-state index is -1.02.